The minimum atomic E-state index is -0.321. The predicted molar refractivity (Wildman–Crippen MR) is 94.1 cm³/mol. The van der Waals surface area contributed by atoms with E-state index in [2.05, 4.69) is 65.7 Å². The van der Waals surface area contributed by atoms with Crippen molar-refractivity contribution in [3.63, 3.8) is 0 Å². The van der Waals surface area contributed by atoms with Crippen LogP contribution in [0.4, 0.5) is 0 Å². The van der Waals surface area contributed by atoms with Crippen molar-refractivity contribution in [2.75, 3.05) is 13.1 Å². The Bertz CT molecular complexity index is 587. The van der Waals surface area contributed by atoms with E-state index in [9.17, 15) is 5.11 Å². The quantitative estimate of drug-likeness (QED) is 0.891. The van der Waals surface area contributed by atoms with E-state index >= 15 is 0 Å². The molecule has 2 aromatic rings. The second-order valence-corrected chi connectivity index (χ2v) is 6.48. The number of β-amino-alcohol motifs (C(OH)–C–C–N with tert-alkyl or cyclic N) is 1. The van der Waals surface area contributed by atoms with Gasteiger partial charge in [-0.3, -0.25) is 4.90 Å². The summed E-state index contributed by atoms with van der Waals surface area (Å²) in [5.41, 5.74) is 2.58. The van der Waals surface area contributed by atoms with Crippen LogP contribution in [0, 0.1) is 0 Å². The molecule has 0 radical (unpaired) electrons. The summed E-state index contributed by atoms with van der Waals surface area (Å²) in [4.78, 5) is 2.34. The van der Waals surface area contributed by atoms with Crippen LogP contribution in [0.25, 0.3) is 0 Å². The summed E-state index contributed by atoms with van der Waals surface area (Å²) in [5, 5.41) is 14.1. The van der Waals surface area contributed by atoms with E-state index in [0.29, 0.717) is 0 Å². The van der Waals surface area contributed by atoms with Crippen LogP contribution < -0.4 is 5.32 Å². The number of hydrogen-bond acceptors (Lipinski definition) is 3. The summed E-state index contributed by atoms with van der Waals surface area (Å²) in [5.74, 6) is 0. The SMILES string of the molecule is C[C@@H](N[C@@H]1CCN(Cc2ccccc2)C[C@H]1O)c1ccccc1. The van der Waals surface area contributed by atoms with Gasteiger partial charge in [0.2, 0.25) is 0 Å². The van der Waals surface area contributed by atoms with Crippen molar-refractivity contribution >= 4 is 0 Å². The molecule has 0 bridgehead atoms. The molecule has 23 heavy (non-hydrogen) atoms. The number of aliphatic hydroxyl groups is 1. The molecule has 1 fully saturated rings. The summed E-state index contributed by atoms with van der Waals surface area (Å²) < 4.78 is 0. The van der Waals surface area contributed by atoms with Crippen LogP contribution in [0.1, 0.15) is 30.5 Å². The molecule has 3 rings (SSSR count). The second kappa shape index (κ2) is 7.73. The van der Waals surface area contributed by atoms with Crippen LogP contribution >= 0.6 is 0 Å². The van der Waals surface area contributed by atoms with E-state index in [4.69, 9.17) is 0 Å². The van der Waals surface area contributed by atoms with E-state index in [1.165, 1.54) is 11.1 Å². The number of likely N-dealkylation sites (tertiary alicyclic amines) is 1. The fraction of sp³-hybridized carbons (Fsp3) is 0.400. The van der Waals surface area contributed by atoms with Gasteiger partial charge < -0.3 is 10.4 Å². The van der Waals surface area contributed by atoms with E-state index in [1.54, 1.807) is 0 Å². The highest BCUT2D eigenvalue weighted by Crippen LogP contribution is 2.19. The molecule has 1 aliphatic rings. The molecule has 0 aliphatic carbocycles. The molecule has 0 aromatic heterocycles. The average molecular weight is 310 g/mol. The Morgan fingerprint density at radius 1 is 1.09 bits per heavy atom. The molecule has 1 saturated heterocycles. The molecule has 3 heteroatoms. The Hall–Kier alpha value is -1.68. The lowest BCUT2D eigenvalue weighted by atomic mass is 9.98. The van der Waals surface area contributed by atoms with Crippen molar-refractivity contribution in [3.8, 4) is 0 Å². The number of nitrogens with zero attached hydrogens (tertiary/aromatic N) is 1. The third kappa shape index (κ3) is 4.41. The first-order valence-corrected chi connectivity index (χ1v) is 8.48. The zero-order chi connectivity index (χ0) is 16.1. The van der Waals surface area contributed by atoms with Crippen molar-refractivity contribution in [2.45, 2.75) is 38.1 Å². The monoisotopic (exact) mass is 310 g/mol. The van der Waals surface area contributed by atoms with Gasteiger partial charge in [-0.2, -0.15) is 0 Å². The molecule has 1 heterocycles. The zero-order valence-corrected chi connectivity index (χ0v) is 13.7. The van der Waals surface area contributed by atoms with Crippen LogP contribution in [0.15, 0.2) is 60.7 Å². The van der Waals surface area contributed by atoms with E-state index in [1.807, 2.05) is 12.1 Å². The van der Waals surface area contributed by atoms with Crippen LogP contribution in [0.3, 0.4) is 0 Å². The molecule has 3 atom stereocenters. The summed E-state index contributed by atoms with van der Waals surface area (Å²) >= 11 is 0. The van der Waals surface area contributed by atoms with Crippen LogP contribution in [-0.2, 0) is 6.54 Å². The van der Waals surface area contributed by atoms with Gasteiger partial charge in [-0.25, -0.2) is 0 Å². The highest BCUT2D eigenvalue weighted by molar-refractivity contribution is 5.18. The molecule has 0 saturated carbocycles. The highest BCUT2D eigenvalue weighted by atomic mass is 16.3. The van der Waals surface area contributed by atoms with Gasteiger partial charge in [0.25, 0.3) is 0 Å². The van der Waals surface area contributed by atoms with Crippen LogP contribution in [0.5, 0.6) is 0 Å². The minimum absolute atomic E-state index is 0.164. The molecular weight excluding hydrogens is 284 g/mol. The number of aliphatic hydroxyl groups excluding tert-OH is 1. The minimum Gasteiger partial charge on any atom is -0.390 e. The number of rotatable bonds is 5. The Morgan fingerprint density at radius 2 is 1.74 bits per heavy atom. The van der Waals surface area contributed by atoms with Crippen molar-refractivity contribution in [3.05, 3.63) is 71.8 Å². The van der Waals surface area contributed by atoms with Gasteiger partial charge >= 0.3 is 0 Å². The number of nitrogens with one attached hydrogen (secondary N) is 1. The maximum absolute atomic E-state index is 10.5. The van der Waals surface area contributed by atoms with Gasteiger partial charge in [0.05, 0.1) is 6.10 Å². The van der Waals surface area contributed by atoms with Gasteiger partial charge in [-0.15, -0.1) is 0 Å². The topological polar surface area (TPSA) is 35.5 Å². The Morgan fingerprint density at radius 3 is 2.39 bits per heavy atom. The first-order chi connectivity index (χ1) is 11.2. The summed E-state index contributed by atoms with van der Waals surface area (Å²) in [6.07, 6.45) is 0.657. The van der Waals surface area contributed by atoms with Gasteiger partial charge in [0.15, 0.2) is 0 Å². The summed E-state index contributed by atoms with van der Waals surface area (Å²) in [7, 11) is 0. The third-order valence-electron chi connectivity index (χ3n) is 4.68. The lowest BCUT2D eigenvalue weighted by Gasteiger charge is -2.37. The third-order valence-corrected chi connectivity index (χ3v) is 4.68. The summed E-state index contributed by atoms with van der Waals surface area (Å²) in [6.45, 7) is 4.83. The lowest BCUT2D eigenvalue weighted by molar-refractivity contribution is 0.0336. The number of hydrogen-bond donors (Lipinski definition) is 2. The lowest BCUT2D eigenvalue weighted by Crippen LogP contribution is -2.52. The Labute approximate surface area is 139 Å². The average Bonchev–Trinajstić information content (AvgIpc) is 2.59. The van der Waals surface area contributed by atoms with Crippen molar-refractivity contribution in [1.82, 2.24) is 10.2 Å². The molecule has 2 aromatic carbocycles. The highest BCUT2D eigenvalue weighted by Gasteiger charge is 2.28. The van der Waals surface area contributed by atoms with E-state index in [0.717, 1.165) is 26.1 Å². The zero-order valence-electron chi connectivity index (χ0n) is 13.7. The fourth-order valence-electron chi connectivity index (χ4n) is 3.34. The fourth-order valence-corrected chi connectivity index (χ4v) is 3.34. The van der Waals surface area contributed by atoms with Crippen LogP contribution in [0.2, 0.25) is 0 Å². The van der Waals surface area contributed by atoms with E-state index in [-0.39, 0.29) is 18.2 Å². The van der Waals surface area contributed by atoms with Crippen molar-refractivity contribution in [2.24, 2.45) is 0 Å². The second-order valence-electron chi connectivity index (χ2n) is 6.48. The first-order valence-electron chi connectivity index (χ1n) is 8.48. The van der Waals surface area contributed by atoms with Gasteiger partial charge in [0, 0.05) is 31.7 Å². The van der Waals surface area contributed by atoms with E-state index < -0.39 is 0 Å². The number of piperidine rings is 1. The maximum Gasteiger partial charge on any atom is 0.0820 e. The van der Waals surface area contributed by atoms with Crippen LogP contribution in [-0.4, -0.2) is 35.2 Å². The normalized spacial score (nSPS) is 23.6. The predicted octanol–water partition coefficient (Wildman–Crippen LogP) is 2.97. The van der Waals surface area contributed by atoms with Gasteiger partial charge in [0.1, 0.15) is 0 Å². The molecule has 0 amide bonds. The van der Waals surface area contributed by atoms with Gasteiger partial charge in [-0.05, 0) is 24.5 Å². The van der Waals surface area contributed by atoms with Crippen molar-refractivity contribution in [1.29, 1.82) is 0 Å². The van der Waals surface area contributed by atoms with Crippen molar-refractivity contribution < 1.29 is 5.11 Å². The first kappa shape index (κ1) is 16.2. The molecule has 122 valence electrons. The number of benzene rings is 2. The molecule has 3 nitrogen and oxygen atoms in total. The molecule has 1 aliphatic heterocycles. The Balaban J connectivity index is 1.52. The molecule has 0 unspecified atom stereocenters. The largest absolute Gasteiger partial charge is 0.390 e. The molecule has 0 spiro atoms. The molecular formula is C20H26N2O. The molecule has 2 N–H and O–H groups in total. The van der Waals surface area contributed by atoms with Gasteiger partial charge in [-0.1, -0.05) is 60.7 Å². The Kier molecular flexibility index (Phi) is 5.44. The smallest absolute Gasteiger partial charge is 0.0820 e. The standard InChI is InChI=1S/C20H26N2O/c1-16(18-10-6-3-7-11-18)21-19-12-13-22(15-20(19)23)14-17-8-4-2-5-9-17/h2-11,16,19-21,23H,12-15H2,1H3/t16-,19-,20-/m1/s1. The summed E-state index contributed by atoms with van der Waals surface area (Å²) in [6, 6.07) is 21.3. The maximum atomic E-state index is 10.5.